The highest BCUT2D eigenvalue weighted by molar-refractivity contribution is 9.09. The maximum absolute atomic E-state index is 11.7. The summed E-state index contributed by atoms with van der Waals surface area (Å²) in [6.45, 7) is 22.1. The number of methoxy groups -OCH3 is 4. The fourth-order valence-electron chi connectivity index (χ4n) is 7.89. The van der Waals surface area contributed by atoms with E-state index in [4.69, 9.17) is 14.2 Å². The number of carbonyl (C=O) groups is 2. The molecule has 0 saturated heterocycles. The molecule has 404 valence electrons. The number of nitrogens with one attached hydrogen (secondary N) is 1. The molecule has 0 unspecified atom stereocenters. The van der Waals surface area contributed by atoms with E-state index in [2.05, 4.69) is 127 Å². The maximum Gasteiger partial charge on any atom is 0.306 e. The number of hydrogen-bond acceptors (Lipinski definition) is 12. The van der Waals surface area contributed by atoms with Crippen molar-refractivity contribution in [1.82, 2.24) is 20.0 Å². The summed E-state index contributed by atoms with van der Waals surface area (Å²) in [4.78, 5) is 38.5. The molecule has 0 radical (unpaired) electrons. The Kier molecular flexibility index (Phi) is 37.3. The molecule has 4 rings (SSSR count). The van der Waals surface area contributed by atoms with Gasteiger partial charge in [0.1, 0.15) is 11.5 Å². The fraction of sp³-hybridized carbons (Fsp3) is 0.533. The van der Waals surface area contributed by atoms with E-state index in [1.54, 1.807) is 14.2 Å². The van der Waals surface area contributed by atoms with E-state index in [1.165, 1.54) is 114 Å². The average molecular weight is 1070 g/mol. The van der Waals surface area contributed by atoms with Gasteiger partial charge >= 0.3 is 11.9 Å². The Labute approximate surface area is 449 Å². The van der Waals surface area contributed by atoms with Crippen molar-refractivity contribution in [1.29, 1.82) is 0 Å². The predicted octanol–water partition coefficient (Wildman–Crippen LogP) is 11.8. The third-order valence-electron chi connectivity index (χ3n) is 11.9. The van der Waals surface area contributed by atoms with Crippen LogP contribution >= 0.6 is 15.9 Å². The molecular weight excluding hydrogens is 981 g/mol. The molecular formula is C60H91BrN6O6. The number of esters is 2. The molecule has 12 nitrogen and oxygen atoms in total. The van der Waals surface area contributed by atoms with Crippen LogP contribution in [0, 0.1) is 0 Å². The average Bonchev–Trinajstić information content (AvgIpc) is 3.41. The number of nitrogens with zero attached hydrogens (tertiary/aromatic N) is 5. The number of benzene rings is 4. The highest BCUT2D eigenvalue weighted by atomic mass is 79.9. The van der Waals surface area contributed by atoms with Gasteiger partial charge in [0, 0.05) is 37.4 Å². The van der Waals surface area contributed by atoms with Crippen LogP contribution in [0.4, 0.5) is 0 Å². The van der Waals surface area contributed by atoms with Gasteiger partial charge in [-0.05, 0) is 186 Å². The van der Waals surface area contributed by atoms with Crippen LogP contribution in [0.5, 0.6) is 11.5 Å². The Morgan fingerprint density at radius 2 is 0.890 bits per heavy atom. The molecule has 0 aliphatic rings. The second-order valence-electron chi connectivity index (χ2n) is 18.0. The van der Waals surface area contributed by atoms with Crippen molar-refractivity contribution in [2.24, 2.45) is 9.98 Å². The fourth-order valence-corrected chi connectivity index (χ4v) is 8.21. The molecule has 0 amide bonds. The molecule has 0 aromatic heterocycles. The predicted molar refractivity (Wildman–Crippen MR) is 308 cm³/mol. The third-order valence-corrected chi connectivity index (χ3v) is 12.3. The highest BCUT2D eigenvalue weighted by Crippen LogP contribution is 2.14. The van der Waals surface area contributed by atoms with E-state index in [-0.39, 0.29) is 11.9 Å². The summed E-state index contributed by atoms with van der Waals surface area (Å²) in [7, 11) is 6.18. The molecule has 0 heterocycles. The van der Waals surface area contributed by atoms with Gasteiger partial charge in [0.05, 0.1) is 54.4 Å². The van der Waals surface area contributed by atoms with Gasteiger partial charge in [0.2, 0.25) is 0 Å². The van der Waals surface area contributed by atoms with Crippen molar-refractivity contribution in [3.63, 3.8) is 0 Å². The summed E-state index contributed by atoms with van der Waals surface area (Å²) in [6.07, 6.45) is 14.4. The zero-order valence-electron chi connectivity index (χ0n) is 45.9. The standard InChI is InChI=1S/C30H45N3O3.C26H39N3O.C4H7BrO2/c1-5-18-32(19-6-2)20-7-8-21-33(22-17-30(34)36-4)25-28-11-9-26(10-12-28)23-31-24-27-13-15-29(35-3)16-14-27;1-4-17-29(18-5-2)19-7-6-16-27-20-23-8-10-24(11-9-23)21-28-22-25-12-14-26(30-3)15-13-25;1-7-4(6)2-3-5/h9-16,24H,5-8,17-23,25H2,1-4H3;8-15,22,27H,4-7,16-21H2,1-3H3;2-3H2,1H3. The monoisotopic (exact) mass is 1070 g/mol. The first kappa shape index (κ1) is 64.2. The minimum Gasteiger partial charge on any atom is -0.497 e. The van der Waals surface area contributed by atoms with E-state index in [0.717, 1.165) is 61.8 Å². The number of unbranched alkanes of at least 4 members (excludes halogenated alkanes) is 2. The lowest BCUT2D eigenvalue weighted by Crippen LogP contribution is -2.29. The van der Waals surface area contributed by atoms with Gasteiger partial charge in [0.15, 0.2) is 0 Å². The lowest BCUT2D eigenvalue weighted by molar-refractivity contribution is -0.141. The minimum absolute atomic E-state index is 0.151. The lowest BCUT2D eigenvalue weighted by Gasteiger charge is -2.24. The maximum atomic E-state index is 11.7. The van der Waals surface area contributed by atoms with Crippen molar-refractivity contribution in [3.05, 3.63) is 130 Å². The topological polar surface area (TPSA) is 118 Å². The molecule has 0 saturated carbocycles. The molecule has 0 atom stereocenters. The highest BCUT2D eigenvalue weighted by Gasteiger charge is 2.11. The van der Waals surface area contributed by atoms with Crippen molar-refractivity contribution >= 4 is 40.3 Å². The Balaban J connectivity index is 0.000000447. The van der Waals surface area contributed by atoms with Gasteiger partial charge in [-0.2, -0.15) is 0 Å². The summed E-state index contributed by atoms with van der Waals surface area (Å²) in [5, 5.41) is 4.25. The van der Waals surface area contributed by atoms with Gasteiger partial charge in [-0.25, -0.2) is 0 Å². The molecule has 13 heteroatoms. The first-order chi connectivity index (χ1) is 35.6. The van der Waals surface area contributed by atoms with Crippen LogP contribution in [0.2, 0.25) is 0 Å². The van der Waals surface area contributed by atoms with Crippen LogP contribution in [-0.2, 0) is 45.2 Å². The van der Waals surface area contributed by atoms with Crippen LogP contribution in [0.15, 0.2) is 107 Å². The molecule has 73 heavy (non-hydrogen) atoms. The Bertz CT molecular complexity index is 2020. The van der Waals surface area contributed by atoms with Gasteiger partial charge in [-0.1, -0.05) is 92.2 Å². The SMILES string of the molecule is CCCN(CCC)CCCCN(CCC(=O)OC)Cc1ccc(CN=Cc2ccc(OC)cc2)cc1.CCCN(CCC)CCCCNCc1ccc(CN=Cc2ccc(OC)cc2)cc1.COC(=O)CCBr. The normalized spacial score (nSPS) is 11.2. The minimum atomic E-state index is -0.170. The number of halogens is 1. The van der Waals surface area contributed by atoms with Crippen molar-refractivity contribution < 1.29 is 28.5 Å². The third kappa shape index (κ3) is 31.4. The zero-order chi connectivity index (χ0) is 53.2. The molecule has 0 bridgehead atoms. The second-order valence-corrected chi connectivity index (χ2v) is 18.8. The summed E-state index contributed by atoms with van der Waals surface area (Å²) < 4.78 is 19.6. The van der Waals surface area contributed by atoms with Crippen LogP contribution in [0.1, 0.15) is 125 Å². The van der Waals surface area contributed by atoms with E-state index in [9.17, 15) is 9.59 Å². The zero-order valence-corrected chi connectivity index (χ0v) is 47.5. The lowest BCUT2D eigenvalue weighted by atomic mass is 10.1. The summed E-state index contributed by atoms with van der Waals surface area (Å²) in [5.74, 6) is 1.39. The van der Waals surface area contributed by atoms with E-state index >= 15 is 0 Å². The molecule has 0 spiro atoms. The molecule has 0 fully saturated rings. The van der Waals surface area contributed by atoms with Gasteiger partial charge in [-0.3, -0.25) is 24.5 Å². The van der Waals surface area contributed by atoms with Crippen LogP contribution in [-0.4, -0.2) is 132 Å². The number of aliphatic imine (C=N–C) groups is 2. The van der Waals surface area contributed by atoms with E-state index in [1.807, 2.05) is 61.0 Å². The molecule has 1 N–H and O–H groups in total. The number of carbonyl (C=O) groups excluding carboxylic acids is 2. The molecule has 0 aliphatic heterocycles. The number of alkyl halides is 1. The second kappa shape index (κ2) is 42.4. The van der Waals surface area contributed by atoms with Crippen LogP contribution in [0.25, 0.3) is 0 Å². The summed E-state index contributed by atoms with van der Waals surface area (Å²) in [6, 6.07) is 33.2. The Hall–Kier alpha value is -4.92. The first-order valence-electron chi connectivity index (χ1n) is 26.6. The first-order valence-corrected chi connectivity index (χ1v) is 27.8. The van der Waals surface area contributed by atoms with Crippen LogP contribution in [0.3, 0.4) is 0 Å². The van der Waals surface area contributed by atoms with Crippen LogP contribution < -0.4 is 14.8 Å². The molecule has 4 aromatic carbocycles. The number of hydrogen-bond donors (Lipinski definition) is 1. The van der Waals surface area contributed by atoms with Crippen molar-refractivity contribution in [2.45, 2.75) is 118 Å². The van der Waals surface area contributed by atoms with Crippen molar-refractivity contribution in [3.8, 4) is 11.5 Å². The Morgan fingerprint density at radius 1 is 0.493 bits per heavy atom. The van der Waals surface area contributed by atoms with Crippen molar-refractivity contribution in [2.75, 3.05) is 92.7 Å². The summed E-state index contributed by atoms with van der Waals surface area (Å²) in [5.41, 5.74) is 7.13. The summed E-state index contributed by atoms with van der Waals surface area (Å²) >= 11 is 3.09. The smallest absolute Gasteiger partial charge is 0.306 e. The van der Waals surface area contributed by atoms with Gasteiger partial charge < -0.3 is 34.1 Å². The van der Waals surface area contributed by atoms with E-state index in [0.29, 0.717) is 37.8 Å². The largest absolute Gasteiger partial charge is 0.497 e. The number of ether oxygens (including phenoxy) is 4. The molecule has 4 aromatic rings. The molecule has 0 aliphatic carbocycles. The van der Waals surface area contributed by atoms with Gasteiger partial charge in [0.25, 0.3) is 0 Å². The number of rotatable bonds is 35. The quantitative estimate of drug-likeness (QED) is 0.0207. The van der Waals surface area contributed by atoms with E-state index < -0.39 is 0 Å². The van der Waals surface area contributed by atoms with Gasteiger partial charge in [-0.15, -0.1) is 0 Å². The Morgan fingerprint density at radius 3 is 1.29 bits per heavy atom.